The highest BCUT2D eigenvalue weighted by molar-refractivity contribution is 5.84. The summed E-state index contributed by atoms with van der Waals surface area (Å²) in [6.07, 6.45) is 4.47. The predicted molar refractivity (Wildman–Crippen MR) is 53.3 cm³/mol. The van der Waals surface area contributed by atoms with Gasteiger partial charge in [0.2, 0.25) is 0 Å². The molecule has 0 unspecified atom stereocenters. The highest BCUT2D eigenvalue weighted by Crippen LogP contribution is 2.12. The average Bonchev–Trinajstić information content (AvgIpc) is 2.07. The number of rotatable bonds is 2. The largest absolute Gasteiger partial charge is 0.361 e. The summed E-state index contributed by atoms with van der Waals surface area (Å²) in [5.41, 5.74) is 1.17. The van der Waals surface area contributed by atoms with Crippen LogP contribution in [0.2, 0.25) is 0 Å². The molecule has 0 bridgehead atoms. The molecule has 0 fully saturated rings. The summed E-state index contributed by atoms with van der Waals surface area (Å²) in [6.45, 7) is 8.58. The fraction of sp³-hybridized carbons (Fsp3) is 0.700. The Morgan fingerprint density at radius 2 is 2.08 bits per heavy atom. The van der Waals surface area contributed by atoms with Crippen LogP contribution < -0.4 is 0 Å². The molecule has 0 N–H and O–H groups in total. The van der Waals surface area contributed by atoms with Crippen LogP contribution in [0.5, 0.6) is 0 Å². The smallest absolute Gasteiger partial charge is 0.105 e. The lowest BCUT2D eigenvalue weighted by atomic mass is 10.2. The van der Waals surface area contributed by atoms with Gasteiger partial charge in [0.15, 0.2) is 0 Å². The molecule has 0 aromatic heterocycles. The molecule has 0 atom stereocenters. The molecule has 0 amide bonds. The van der Waals surface area contributed by atoms with E-state index in [1.807, 2.05) is 0 Å². The summed E-state index contributed by atoms with van der Waals surface area (Å²) in [4.78, 5) is 6.86. The van der Waals surface area contributed by atoms with Crippen molar-refractivity contribution < 1.29 is 0 Å². The first-order valence-electron chi connectivity index (χ1n) is 4.77. The summed E-state index contributed by atoms with van der Waals surface area (Å²) in [5.74, 6) is 1.26. The molecule has 0 aromatic rings. The van der Waals surface area contributed by atoms with Crippen molar-refractivity contribution >= 4 is 5.84 Å². The Morgan fingerprint density at radius 1 is 1.42 bits per heavy atom. The number of hydrogen-bond acceptors (Lipinski definition) is 2. The van der Waals surface area contributed by atoms with Gasteiger partial charge in [0, 0.05) is 25.2 Å². The first-order valence-corrected chi connectivity index (χ1v) is 4.77. The second kappa shape index (κ2) is 4.29. The Labute approximate surface area is 75.0 Å². The molecule has 68 valence electrons. The first kappa shape index (κ1) is 9.30. The minimum absolute atomic E-state index is 1.07. The average molecular weight is 166 g/mol. The van der Waals surface area contributed by atoms with Crippen molar-refractivity contribution in [1.29, 1.82) is 0 Å². The number of amidine groups is 1. The molecule has 0 aromatic carbocycles. The van der Waals surface area contributed by atoms with Gasteiger partial charge in [0.25, 0.3) is 0 Å². The quantitative estimate of drug-likeness (QED) is 0.615. The SMILES string of the molecule is CCN(CC)C1=NC(C)=CCC1. The Morgan fingerprint density at radius 3 is 2.58 bits per heavy atom. The van der Waals surface area contributed by atoms with E-state index in [2.05, 4.69) is 36.7 Å². The van der Waals surface area contributed by atoms with E-state index >= 15 is 0 Å². The lowest BCUT2D eigenvalue weighted by molar-refractivity contribution is 0.453. The lowest BCUT2D eigenvalue weighted by Crippen LogP contribution is -2.31. The topological polar surface area (TPSA) is 15.6 Å². The zero-order valence-electron chi connectivity index (χ0n) is 8.30. The van der Waals surface area contributed by atoms with Crippen LogP contribution in [-0.4, -0.2) is 23.8 Å². The maximum Gasteiger partial charge on any atom is 0.105 e. The maximum atomic E-state index is 4.53. The third kappa shape index (κ3) is 2.10. The molecular formula is C10H18N2. The molecule has 12 heavy (non-hydrogen) atoms. The molecule has 0 aliphatic carbocycles. The van der Waals surface area contributed by atoms with Crippen molar-refractivity contribution in [2.45, 2.75) is 33.6 Å². The monoisotopic (exact) mass is 166 g/mol. The van der Waals surface area contributed by atoms with Crippen LogP contribution in [0.25, 0.3) is 0 Å². The first-order chi connectivity index (χ1) is 5.77. The Kier molecular flexibility index (Phi) is 3.32. The molecule has 1 aliphatic heterocycles. The van der Waals surface area contributed by atoms with Gasteiger partial charge >= 0.3 is 0 Å². The minimum Gasteiger partial charge on any atom is -0.361 e. The van der Waals surface area contributed by atoms with Crippen molar-refractivity contribution in [3.63, 3.8) is 0 Å². The van der Waals surface area contributed by atoms with Gasteiger partial charge in [0.1, 0.15) is 5.84 Å². The maximum absolute atomic E-state index is 4.53. The van der Waals surface area contributed by atoms with E-state index < -0.39 is 0 Å². The zero-order chi connectivity index (χ0) is 8.97. The molecule has 0 spiro atoms. The molecule has 1 aliphatic rings. The Hall–Kier alpha value is -0.790. The normalized spacial score (nSPS) is 16.9. The van der Waals surface area contributed by atoms with Crippen LogP contribution in [0, 0.1) is 0 Å². The van der Waals surface area contributed by atoms with E-state index in [0.29, 0.717) is 0 Å². The fourth-order valence-electron chi connectivity index (χ4n) is 1.53. The summed E-state index contributed by atoms with van der Waals surface area (Å²) < 4.78 is 0. The molecule has 1 heterocycles. The van der Waals surface area contributed by atoms with E-state index in [0.717, 1.165) is 25.9 Å². The number of hydrogen-bond donors (Lipinski definition) is 0. The minimum atomic E-state index is 1.07. The summed E-state index contributed by atoms with van der Waals surface area (Å²) in [7, 11) is 0. The molecule has 2 heteroatoms. The zero-order valence-corrected chi connectivity index (χ0v) is 8.30. The van der Waals surface area contributed by atoms with Gasteiger partial charge in [0.05, 0.1) is 0 Å². The van der Waals surface area contributed by atoms with E-state index in [9.17, 15) is 0 Å². The summed E-state index contributed by atoms with van der Waals surface area (Å²) in [5, 5.41) is 0. The van der Waals surface area contributed by atoms with Crippen molar-refractivity contribution in [2.75, 3.05) is 13.1 Å². The Bertz CT molecular complexity index is 200. The van der Waals surface area contributed by atoms with Crippen molar-refractivity contribution in [2.24, 2.45) is 4.99 Å². The van der Waals surface area contributed by atoms with Crippen LogP contribution in [0.1, 0.15) is 33.6 Å². The molecule has 0 saturated carbocycles. The highest BCUT2D eigenvalue weighted by atomic mass is 15.2. The van der Waals surface area contributed by atoms with Gasteiger partial charge < -0.3 is 4.90 Å². The number of nitrogens with zero attached hydrogens (tertiary/aromatic N) is 2. The van der Waals surface area contributed by atoms with Crippen molar-refractivity contribution in [3.05, 3.63) is 11.8 Å². The fourth-order valence-corrected chi connectivity index (χ4v) is 1.53. The van der Waals surface area contributed by atoms with E-state index in [1.165, 1.54) is 11.5 Å². The molecular weight excluding hydrogens is 148 g/mol. The Balaban J connectivity index is 2.66. The van der Waals surface area contributed by atoms with Crippen LogP contribution in [0.4, 0.5) is 0 Å². The van der Waals surface area contributed by atoms with Gasteiger partial charge in [-0.05, 0) is 27.2 Å². The summed E-state index contributed by atoms with van der Waals surface area (Å²) >= 11 is 0. The standard InChI is InChI=1S/C10H18N2/c1-4-12(5-2)10-8-6-7-9(3)11-10/h7H,4-6,8H2,1-3H3. The second-order valence-electron chi connectivity index (χ2n) is 3.08. The highest BCUT2D eigenvalue weighted by Gasteiger charge is 2.09. The van der Waals surface area contributed by atoms with Crippen LogP contribution in [0.15, 0.2) is 16.8 Å². The van der Waals surface area contributed by atoms with Crippen molar-refractivity contribution in [3.8, 4) is 0 Å². The van der Waals surface area contributed by atoms with E-state index in [4.69, 9.17) is 0 Å². The third-order valence-corrected chi connectivity index (χ3v) is 2.24. The second-order valence-corrected chi connectivity index (χ2v) is 3.08. The third-order valence-electron chi connectivity index (χ3n) is 2.24. The molecule has 0 radical (unpaired) electrons. The number of aliphatic imine (C=N–C) groups is 1. The van der Waals surface area contributed by atoms with Crippen LogP contribution in [-0.2, 0) is 0 Å². The van der Waals surface area contributed by atoms with Gasteiger partial charge in [-0.2, -0.15) is 0 Å². The summed E-state index contributed by atoms with van der Waals surface area (Å²) in [6, 6.07) is 0. The van der Waals surface area contributed by atoms with Crippen LogP contribution in [0.3, 0.4) is 0 Å². The van der Waals surface area contributed by atoms with Crippen LogP contribution >= 0.6 is 0 Å². The van der Waals surface area contributed by atoms with E-state index in [1.54, 1.807) is 0 Å². The van der Waals surface area contributed by atoms with Gasteiger partial charge in [-0.3, -0.25) is 0 Å². The van der Waals surface area contributed by atoms with Gasteiger partial charge in [-0.1, -0.05) is 6.08 Å². The van der Waals surface area contributed by atoms with E-state index in [-0.39, 0.29) is 0 Å². The lowest BCUT2D eigenvalue weighted by Gasteiger charge is -2.24. The molecule has 0 saturated heterocycles. The predicted octanol–water partition coefficient (Wildman–Crippen LogP) is 2.42. The van der Waals surface area contributed by atoms with Gasteiger partial charge in [-0.25, -0.2) is 4.99 Å². The van der Waals surface area contributed by atoms with Gasteiger partial charge in [-0.15, -0.1) is 0 Å². The van der Waals surface area contributed by atoms with Crippen molar-refractivity contribution in [1.82, 2.24) is 4.90 Å². The number of allylic oxidation sites excluding steroid dienone is 2. The molecule has 1 rings (SSSR count). The molecule has 2 nitrogen and oxygen atoms in total.